The highest BCUT2D eigenvalue weighted by atomic mass is 35.5. The van der Waals surface area contributed by atoms with Crippen LogP contribution >= 0.6 is 23.4 Å². The number of amides is 1. The zero-order valence-corrected chi connectivity index (χ0v) is 17.5. The van der Waals surface area contributed by atoms with Gasteiger partial charge in [0.1, 0.15) is 6.33 Å². The van der Waals surface area contributed by atoms with Gasteiger partial charge in [0, 0.05) is 18.1 Å². The van der Waals surface area contributed by atoms with Gasteiger partial charge in [0.2, 0.25) is 5.91 Å². The molecule has 1 saturated heterocycles. The Hall–Kier alpha value is -2.06. The average Bonchev–Trinajstić information content (AvgIpc) is 3.17. The second-order valence-corrected chi connectivity index (χ2v) is 7.96. The van der Waals surface area contributed by atoms with Gasteiger partial charge in [-0.3, -0.25) is 14.2 Å². The van der Waals surface area contributed by atoms with Crippen LogP contribution in [-0.2, 0) is 14.3 Å². The van der Waals surface area contributed by atoms with Crippen molar-refractivity contribution in [1.82, 2.24) is 19.7 Å². The minimum absolute atomic E-state index is 0.0313. The van der Waals surface area contributed by atoms with Crippen molar-refractivity contribution in [2.45, 2.75) is 31.8 Å². The van der Waals surface area contributed by atoms with Crippen LogP contribution in [0.25, 0.3) is 5.69 Å². The zero-order valence-electron chi connectivity index (χ0n) is 15.9. The summed E-state index contributed by atoms with van der Waals surface area (Å²) in [5.41, 5.74) is 1.85. The summed E-state index contributed by atoms with van der Waals surface area (Å²) in [5.74, 6) is 0.0335. The van der Waals surface area contributed by atoms with E-state index in [4.69, 9.17) is 16.3 Å². The summed E-state index contributed by atoms with van der Waals surface area (Å²) < 4.78 is 6.89. The van der Waals surface area contributed by atoms with Crippen LogP contribution in [0.15, 0.2) is 29.7 Å². The van der Waals surface area contributed by atoms with Crippen molar-refractivity contribution in [3.05, 3.63) is 35.1 Å². The maximum Gasteiger partial charge on any atom is 0.309 e. The Kier molecular flexibility index (Phi) is 6.96. The molecule has 28 heavy (non-hydrogen) atoms. The van der Waals surface area contributed by atoms with Gasteiger partial charge in [-0.1, -0.05) is 29.4 Å². The predicted octanol–water partition coefficient (Wildman–Crippen LogP) is 3.12. The first-order valence-corrected chi connectivity index (χ1v) is 10.6. The van der Waals surface area contributed by atoms with Gasteiger partial charge in [-0.2, -0.15) is 0 Å². The van der Waals surface area contributed by atoms with E-state index in [1.807, 2.05) is 29.7 Å². The van der Waals surface area contributed by atoms with E-state index in [0.29, 0.717) is 42.7 Å². The number of likely N-dealkylation sites (tertiary alicyclic amines) is 1. The van der Waals surface area contributed by atoms with Gasteiger partial charge in [0.15, 0.2) is 5.16 Å². The highest BCUT2D eigenvalue weighted by molar-refractivity contribution is 7.99. The lowest BCUT2D eigenvalue weighted by Gasteiger charge is -2.30. The Morgan fingerprint density at radius 3 is 2.75 bits per heavy atom. The number of esters is 1. The van der Waals surface area contributed by atoms with Crippen LogP contribution in [0.5, 0.6) is 0 Å². The molecule has 0 unspecified atom stereocenters. The second-order valence-electron chi connectivity index (χ2n) is 6.61. The number of halogens is 1. The zero-order chi connectivity index (χ0) is 20.1. The van der Waals surface area contributed by atoms with E-state index in [9.17, 15) is 9.59 Å². The van der Waals surface area contributed by atoms with Crippen molar-refractivity contribution in [3.8, 4) is 5.69 Å². The molecule has 3 rings (SSSR count). The monoisotopic (exact) mass is 422 g/mol. The number of nitrogens with zero attached hydrogens (tertiary/aromatic N) is 4. The Morgan fingerprint density at radius 2 is 2.07 bits per heavy atom. The normalized spacial score (nSPS) is 14.9. The van der Waals surface area contributed by atoms with Crippen LogP contribution in [-0.4, -0.2) is 57.0 Å². The number of thioether (sulfide) groups is 1. The summed E-state index contributed by atoms with van der Waals surface area (Å²) >= 11 is 7.55. The van der Waals surface area contributed by atoms with Crippen molar-refractivity contribution in [2.24, 2.45) is 5.92 Å². The number of hydrogen-bond acceptors (Lipinski definition) is 6. The van der Waals surface area contributed by atoms with Crippen molar-refractivity contribution in [2.75, 3.05) is 25.4 Å². The number of piperidine rings is 1. The maximum absolute atomic E-state index is 12.6. The fourth-order valence-electron chi connectivity index (χ4n) is 3.07. The summed E-state index contributed by atoms with van der Waals surface area (Å²) in [4.78, 5) is 26.2. The smallest absolute Gasteiger partial charge is 0.309 e. The fraction of sp³-hybridized carbons (Fsp3) is 0.474. The van der Waals surface area contributed by atoms with Crippen molar-refractivity contribution >= 4 is 35.2 Å². The van der Waals surface area contributed by atoms with Crippen molar-refractivity contribution < 1.29 is 14.3 Å². The van der Waals surface area contributed by atoms with Crippen LogP contribution in [0.1, 0.15) is 25.3 Å². The van der Waals surface area contributed by atoms with Crippen LogP contribution in [0.3, 0.4) is 0 Å². The van der Waals surface area contributed by atoms with Crippen molar-refractivity contribution in [1.29, 1.82) is 0 Å². The molecule has 1 amide bonds. The molecule has 0 atom stereocenters. The van der Waals surface area contributed by atoms with Gasteiger partial charge in [-0.25, -0.2) is 0 Å². The lowest BCUT2D eigenvalue weighted by atomic mass is 9.97. The summed E-state index contributed by atoms with van der Waals surface area (Å²) in [7, 11) is 0. The molecule has 0 saturated carbocycles. The molecule has 1 aromatic heterocycles. The molecular formula is C19H23ClN4O3S. The van der Waals surface area contributed by atoms with E-state index in [-0.39, 0.29) is 23.5 Å². The van der Waals surface area contributed by atoms with E-state index in [1.165, 1.54) is 11.8 Å². The lowest BCUT2D eigenvalue weighted by Crippen LogP contribution is -2.41. The molecule has 1 aliphatic heterocycles. The number of aryl methyl sites for hydroxylation is 1. The molecule has 1 aromatic carbocycles. The number of benzene rings is 1. The van der Waals surface area contributed by atoms with Gasteiger partial charge >= 0.3 is 5.97 Å². The summed E-state index contributed by atoms with van der Waals surface area (Å²) in [6.45, 7) is 5.28. The summed E-state index contributed by atoms with van der Waals surface area (Å²) in [5, 5.41) is 9.38. The molecule has 1 aliphatic rings. The highest BCUT2D eigenvalue weighted by Gasteiger charge is 2.28. The maximum atomic E-state index is 12.6. The highest BCUT2D eigenvalue weighted by Crippen LogP contribution is 2.25. The first kappa shape index (κ1) is 20.7. The molecule has 0 radical (unpaired) electrons. The molecule has 1 fully saturated rings. The summed E-state index contributed by atoms with van der Waals surface area (Å²) in [6.07, 6.45) is 2.90. The van der Waals surface area contributed by atoms with E-state index in [0.717, 1.165) is 11.3 Å². The molecule has 150 valence electrons. The lowest BCUT2D eigenvalue weighted by molar-refractivity contribution is -0.151. The van der Waals surface area contributed by atoms with E-state index < -0.39 is 0 Å². The molecule has 7 nitrogen and oxygen atoms in total. The van der Waals surface area contributed by atoms with E-state index in [1.54, 1.807) is 18.2 Å². The molecule has 2 aromatic rings. The van der Waals surface area contributed by atoms with Gasteiger partial charge in [-0.05, 0) is 44.4 Å². The molecule has 9 heteroatoms. The van der Waals surface area contributed by atoms with Crippen LogP contribution in [0.2, 0.25) is 5.02 Å². The molecule has 0 bridgehead atoms. The molecule has 2 heterocycles. The topological polar surface area (TPSA) is 77.3 Å². The summed E-state index contributed by atoms with van der Waals surface area (Å²) in [6, 6.07) is 5.73. The Balaban J connectivity index is 1.55. The third kappa shape index (κ3) is 4.86. The quantitative estimate of drug-likeness (QED) is 0.525. The first-order chi connectivity index (χ1) is 13.5. The average molecular weight is 423 g/mol. The minimum Gasteiger partial charge on any atom is -0.466 e. The van der Waals surface area contributed by atoms with E-state index in [2.05, 4.69) is 10.2 Å². The van der Waals surface area contributed by atoms with Gasteiger partial charge in [-0.15, -0.1) is 10.2 Å². The first-order valence-electron chi connectivity index (χ1n) is 9.23. The number of carbonyl (C=O) groups is 2. The number of rotatable bonds is 6. The SMILES string of the molecule is CCOC(=O)C1CCN(C(=O)CSc2nncn2-c2ccc(C)c(Cl)c2)CC1. The van der Waals surface area contributed by atoms with Gasteiger partial charge in [0.25, 0.3) is 0 Å². The third-order valence-corrected chi connectivity index (χ3v) is 6.08. The van der Waals surface area contributed by atoms with Gasteiger partial charge < -0.3 is 9.64 Å². The Morgan fingerprint density at radius 1 is 1.32 bits per heavy atom. The largest absolute Gasteiger partial charge is 0.466 e. The standard InChI is InChI=1S/C19H23ClN4O3S/c1-3-27-18(26)14-6-8-23(9-7-14)17(25)11-28-19-22-21-12-24(19)15-5-4-13(2)16(20)10-15/h4-5,10,12,14H,3,6-9,11H2,1-2H3. The third-order valence-electron chi connectivity index (χ3n) is 4.74. The number of aromatic nitrogens is 3. The molecular weight excluding hydrogens is 400 g/mol. The van der Waals surface area contributed by atoms with Crippen molar-refractivity contribution in [3.63, 3.8) is 0 Å². The molecule has 0 spiro atoms. The van der Waals surface area contributed by atoms with E-state index >= 15 is 0 Å². The number of carbonyl (C=O) groups excluding carboxylic acids is 2. The second kappa shape index (κ2) is 9.43. The number of ether oxygens (including phenoxy) is 1. The Labute approximate surface area is 173 Å². The van der Waals surface area contributed by atoms with Gasteiger partial charge in [0.05, 0.1) is 24.0 Å². The fourth-order valence-corrected chi connectivity index (χ4v) is 4.08. The molecule has 0 N–H and O–H groups in total. The predicted molar refractivity (Wildman–Crippen MR) is 108 cm³/mol. The minimum atomic E-state index is -0.158. The Bertz CT molecular complexity index is 849. The van der Waals surface area contributed by atoms with Crippen LogP contribution in [0.4, 0.5) is 0 Å². The van der Waals surface area contributed by atoms with Crippen LogP contribution in [0, 0.1) is 12.8 Å². The van der Waals surface area contributed by atoms with Crippen LogP contribution < -0.4 is 0 Å². The molecule has 0 aliphatic carbocycles. The number of hydrogen-bond donors (Lipinski definition) is 0.